The van der Waals surface area contributed by atoms with Crippen molar-refractivity contribution in [3.63, 3.8) is 0 Å². The van der Waals surface area contributed by atoms with Crippen molar-refractivity contribution in [2.75, 3.05) is 30.3 Å². The summed E-state index contributed by atoms with van der Waals surface area (Å²) in [5, 5.41) is 16.0. The first-order valence-electron chi connectivity index (χ1n) is 5.48. The second-order valence-corrected chi connectivity index (χ2v) is 7.29. The lowest BCUT2D eigenvalue weighted by Crippen LogP contribution is -2.31. The van der Waals surface area contributed by atoms with Crippen molar-refractivity contribution in [1.82, 2.24) is 5.32 Å². The molecule has 1 aromatic rings. The number of hydrogen-bond acceptors (Lipinski definition) is 5. The molecule has 16 heavy (non-hydrogen) atoms. The molecule has 1 aliphatic heterocycles. The first-order valence-corrected chi connectivity index (χ1v) is 8.56. The van der Waals surface area contributed by atoms with Gasteiger partial charge in [0.1, 0.15) is 6.10 Å². The summed E-state index contributed by atoms with van der Waals surface area (Å²) in [7, 11) is 0. The second-order valence-electron chi connectivity index (χ2n) is 3.76. The Morgan fingerprint density at radius 3 is 3.12 bits per heavy atom. The van der Waals surface area contributed by atoms with Gasteiger partial charge < -0.3 is 10.4 Å². The average Bonchev–Trinajstić information content (AvgIpc) is 2.84. The van der Waals surface area contributed by atoms with E-state index in [1.807, 2.05) is 41.0 Å². The predicted octanol–water partition coefficient (Wildman–Crippen LogP) is 2.22. The van der Waals surface area contributed by atoms with Gasteiger partial charge >= 0.3 is 0 Å². The summed E-state index contributed by atoms with van der Waals surface area (Å²) in [4.78, 5) is 1.05. The highest BCUT2D eigenvalue weighted by Gasteiger charge is 2.14. The van der Waals surface area contributed by atoms with Gasteiger partial charge in [0.15, 0.2) is 0 Å². The van der Waals surface area contributed by atoms with Crippen molar-refractivity contribution in [3.8, 4) is 0 Å². The van der Waals surface area contributed by atoms with E-state index in [4.69, 9.17) is 0 Å². The molecule has 0 bridgehead atoms. The summed E-state index contributed by atoms with van der Waals surface area (Å²) in [6.07, 6.45) is -0.346. The van der Waals surface area contributed by atoms with E-state index in [1.54, 1.807) is 11.3 Å². The van der Waals surface area contributed by atoms with Crippen LogP contribution in [0.25, 0.3) is 0 Å². The van der Waals surface area contributed by atoms with E-state index in [2.05, 4.69) is 5.32 Å². The number of aliphatic hydroxyl groups is 1. The molecule has 2 N–H and O–H groups in total. The van der Waals surface area contributed by atoms with Crippen molar-refractivity contribution >= 4 is 34.9 Å². The van der Waals surface area contributed by atoms with Crippen LogP contribution in [-0.2, 0) is 0 Å². The maximum atomic E-state index is 9.87. The monoisotopic (exact) mass is 275 g/mol. The fourth-order valence-corrected chi connectivity index (χ4v) is 4.98. The standard InChI is InChI=1S/C11H17NOS3/c13-10(11-2-1-3-16-11)7-12-6-9-8-14-4-5-15-9/h1-3,9-10,12-13H,4-8H2. The Morgan fingerprint density at radius 1 is 1.50 bits per heavy atom. The van der Waals surface area contributed by atoms with Crippen LogP contribution in [0.3, 0.4) is 0 Å². The van der Waals surface area contributed by atoms with E-state index in [9.17, 15) is 5.11 Å². The van der Waals surface area contributed by atoms with E-state index in [1.165, 1.54) is 17.3 Å². The van der Waals surface area contributed by atoms with Crippen molar-refractivity contribution < 1.29 is 5.11 Å². The highest BCUT2D eigenvalue weighted by Crippen LogP contribution is 2.23. The number of hydrogen-bond donors (Lipinski definition) is 2. The molecule has 2 rings (SSSR count). The highest BCUT2D eigenvalue weighted by molar-refractivity contribution is 8.06. The van der Waals surface area contributed by atoms with Crippen LogP contribution in [0.1, 0.15) is 11.0 Å². The minimum Gasteiger partial charge on any atom is -0.386 e. The van der Waals surface area contributed by atoms with Crippen LogP contribution >= 0.6 is 34.9 Å². The fourth-order valence-electron chi connectivity index (χ4n) is 1.62. The van der Waals surface area contributed by atoms with Gasteiger partial charge in [-0.25, -0.2) is 0 Å². The summed E-state index contributed by atoms with van der Waals surface area (Å²) in [5.74, 6) is 3.80. The van der Waals surface area contributed by atoms with Gasteiger partial charge in [0, 0.05) is 40.5 Å². The first-order chi connectivity index (χ1) is 7.86. The number of aliphatic hydroxyl groups excluding tert-OH is 1. The normalized spacial score (nSPS) is 23.2. The first kappa shape index (κ1) is 12.8. The number of nitrogens with one attached hydrogen (secondary N) is 1. The fraction of sp³-hybridized carbons (Fsp3) is 0.636. The van der Waals surface area contributed by atoms with Crippen LogP contribution in [0.15, 0.2) is 17.5 Å². The van der Waals surface area contributed by atoms with Gasteiger partial charge in [0.25, 0.3) is 0 Å². The molecule has 90 valence electrons. The minimum atomic E-state index is -0.346. The van der Waals surface area contributed by atoms with Crippen LogP contribution in [0.4, 0.5) is 0 Å². The molecule has 1 saturated heterocycles. The summed E-state index contributed by atoms with van der Waals surface area (Å²) < 4.78 is 0. The molecule has 1 aromatic heterocycles. The molecule has 2 unspecified atom stereocenters. The summed E-state index contributed by atoms with van der Waals surface area (Å²) in [6.45, 7) is 1.68. The van der Waals surface area contributed by atoms with Crippen molar-refractivity contribution in [2.45, 2.75) is 11.4 Å². The Kier molecular flexibility index (Phi) is 5.52. The number of thioether (sulfide) groups is 2. The van der Waals surface area contributed by atoms with Crippen molar-refractivity contribution in [3.05, 3.63) is 22.4 Å². The quantitative estimate of drug-likeness (QED) is 0.863. The zero-order valence-corrected chi connectivity index (χ0v) is 11.5. The van der Waals surface area contributed by atoms with Crippen LogP contribution in [0.5, 0.6) is 0 Å². The van der Waals surface area contributed by atoms with Gasteiger partial charge in [-0.1, -0.05) is 6.07 Å². The molecular formula is C11H17NOS3. The Bertz CT molecular complexity index is 285. The molecule has 0 radical (unpaired) electrons. The predicted molar refractivity (Wildman–Crippen MR) is 75.7 cm³/mol. The second kappa shape index (κ2) is 6.91. The molecule has 0 spiro atoms. The molecule has 0 aromatic carbocycles. The van der Waals surface area contributed by atoms with Crippen LogP contribution in [-0.4, -0.2) is 40.7 Å². The zero-order chi connectivity index (χ0) is 11.2. The van der Waals surface area contributed by atoms with E-state index >= 15 is 0 Å². The van der Waals surface area contributed by atoms with E-state index < -0.39 is 0 Å². The summed E-state index contributed by atoms with van der Waals surface area (Å²) in [5.41, 5.74) is 0. The Labute approximate surface area is 109 Å². The third kappa shape index (κ3) is 3.96. The van der Waals surface area contributed by atoms with E-state index in [0.717, 1.165) is 11.4 Å². The van der Waals surface area contributed by atoms with Gasteiger partial charge in [0.05, 0.1) is 0 Å². The average molecular weight is 275 g/mol. The van der Waals surface area contributed by atoms with Crippen molar-refractivity contribution in [2.24, 2.45) is 0 Å². The van der Waals surface area contributed by atoms with E-state index in [0.29, 0.717) is 11.8 Å². The molecular weight excluding hydrogens is 258 g/mol. The largest absolute Gasteiger partial charge is 0.386 e. The van der Waals surface area contributed by atoms with Gasteiger partial charge in [-0.3, -0.25) is 0 Å². The van der Waals surface area contributed by atoms with Crippen LogP contribution in [0, 0.1) is 0 Å². The molecule has 1 fully saturated rings. The molecule has 2 atom stereocenters. The molecule has 0 saturated carbocycles. The van der Waals surface area contributed by atoms with Crippen LogP contribution < -0.4 is 5.32 Å². The molecule has 5 heteroatoms. The molecule has 2 nitrogen and oxygen atoms in total. The number of thiophene rings is 1. The molecule has 0 aliphatic carbocycles. The Hall–Kier alpha value is 0.320. The van der Waals surface area contributed by atoms with Gasteiger partial charge in [0.2, 0.25) is 0 Å². The lowest BCUT2D eigenvalue weighted by molar-refractivity contribution is 0.179. The maximum absolute atomic E-state index is 9.87. The Balaban J connectivity index is 1.63. The Morgan fingerprint density at radius 2 is 2.44 bits per heavy atom. The van der Waals surface area contributed by atoms with Crippen molar-refractivity contribution in [1.29, 1.82) is 0 Å². The molecule has 0 amide bonds. The summed E-state index contributed by atoms with van der Waals surface area (Å²) >= 11 is 5.71. The topological polar surface area (TPSA) is 32.3 Å². The minimum absolute atomic E-state index is 0.346. The SMILES string of the molecule is OC(CNCC1CSCCS1)c1cccs1. The third-order valence-corrected chi connectivity index (χ3v) is 6.28. The third-order valence-electron chi connectivity index (χ3n) is 2.47. The van der Waals surface area contributed by atoms with Gasteiger partial charge in [-0.2, -0.15) is 23.5 Å². The van der Waals surface area contributed by atoms with E-state index in [-0.39, 0.29) is 6.10 Å². The van der Waals surface area contributed by atoms with Crippen LogP contribution in [0.2, 0.25) is 0 Å². The van der Waals surface area contributed by atoms with Gasteiger partial charge in [-0.15, -0.1) is 11.3 Å². The molecule has 1 aliphatic rings. The number of rotatable bonds is 5. The van der Waals surface area contributed by atoms with Gasteiger partial charge in [-0.05, 0) is 11.4 Å². The smallest absolute Gasteiger partial charge is 0.101 e. The lowest BCUT2D eigenvalue weighted by Gasteiger charge is -2.21. The zero-order valence-electron chi connectivity index (χ0n) is 9.09. The highest BCUT2D eigenvalue weighted by atomic mass is 32.2. The lowest BCUT2D eigenvalue weighted by atomic mass is 10.3. The summed E-state index contributed by atoms with van der Waals surface area (Å²) in [6, 6.07) is 3.97. The maximum Gasteiger partial charge on any atom is 0.101 e. The molecule has 2 heterocycles.